The first-order chi connectivity index (χ1) is 12.6. The molecule has 0 saturated carbocycles. The molecule has 2 aromatic rings. The van der Waals surface area contributed by atoms with Crippen LogP contribution in [0.25, 0.3) is 11.2 Å². The number of aromatic nitrogens is 3. The van der Waals surface area contributed by atoms with Gasteiger partial charge in [-0.25, -0.2) is 14.8 Å². The van der Waals surface area contributed by atoms with E-state index in [1.165, 1.54) is 0 Å². The van der Waals surface area contributed by atoms with Crippen LogP contribution in [-0.2, 0) is 4.74 Å². The van der Waals surface area contributed by atoms with Gasteiger partial charge in [-0.2, -0.15) is 0 Å². The highest BCUT2D eigenvalue weighted by Gasteiger charge is 2.27. The first kappa shape index (κ1) is 19.5. The second-order valence-electron chi connectivity index (χ2n) is 8.62. The number of imidazole rings is 1. The molecule has 3 heterocycles. The minimum atomic E-state index is -0.457. The molecule has 1 amide bonds. The van der Waals surface area contributed by atoms with Crippen LogP contribution in [-0.4, -0.2) is 50.3 Å². The Balaban J connectivity index is 1.68. The number of piperidine rings is 1. The molecule has 1 aliphatic rings. The molecule has 2 aromatic heterocycles. The molecule has 0 radical (unpaired) electrons. The third-order valence-electron chi connectivity index (χ3n) is 4.72. The van der Waals surface area contributed by atoms with Gasteiger partial charge in [-0.3, -0.25) is 0 Å². The average molecular weight is 374 g/mol. The zero-order valence-corrected chi connectivity index (χ0v) is 17.2. The van der Waals surface area contributed by atoms with Gasteiger partial charge in [0, 0.05) is 30.9 Å². The lowest BCUT2D eigenvalue weighted by Gasteiger charge is -2.34. The third-order valence-corrected chi connectivity index (χ3v) is 4.72. The van der Waals surface area contributed by atoms with Gasteiger partial charge in [0.05, 0.1) is 12.0 Å². The van der Waals surface area contributed by atoms with Crippen LogP contribution in [0, 0.1) is 6.92 Å². The van der Waals surface area contributed by atoms with Crippen LogP contribution >= 0.6 is 0 Å². The SMILES string of the molecule is Cc1cc(NC2CCN(C(=O)OC(C)(C)C)CC2)c2ncn(C(C)C)c2n1. The highest BCUT2D eigenvalue weighted by molar-refractivity contribution is 5.86. The second kappa shape index (κ2) is 7.37. The van der Waals surface area contributed by atoms with Crippen molar-refractivity contribution in [1.29, 1.82) is 0 Å². The number of ether oxygens (including phenoxy) is 1. The molecular weight excluding hydrogens is 342 g/mol. The quantitative estimate of drug-likeness (QED) is 0.876. The van der Waals surface area contributed by atoms with Crippen molar-refractivity contribution in [3.8, 4) is 0 Å². The Morgan fingerprint density at radius 2 is 1.96 bits per heavy atom. The zero-order chi connectivity index (χ0) is 19.8. The molecule has 0 unspecified atom stereocenters. The molecule has 1 N–H and O–H groups in total. The molecule has 0 aliphatic carbocycles. The maximum Gasteiger partial charge on any atom is 0.410 e. The van der Waals surface area contributed by atoms with Gasteiger partial charge in [0.1, 0.15) is 11.1 Å². The number of likely N-dealkylation sites (tertiary alicyclic amines) is 1. The van der Waals surface area contributed by atoms with Gasteiger partial charge in [0.15, 0.2) is 5.65 Å². The molecule has 148 valence electrons. The number of carbonyl (C=O) groups excluding carboxylic acids is 1. The van der Waals surface area contributed by atoms with Crippen molar-refractivity contribution < 1.29 is 9.53 Å². The minimum Gasteiger partial charge on any atom is -0.444 e. The minimum absolute atomic E-state index is 0.223. The van der Waals surface area contributed by atoms with Crippen LogP contribution in [0.5, 0.6) is 0 Å². The summed E-state index contributed by atoms with van der Waals surface area (Å²) in [5, 5.41) is 3.63. The topological polar surface area (TPSA) is 72.3 Å². The zero-order valence-electron chi connectivity index (χ0n) is 17.2. The Bertz CT molecular complexity index is 814. The molecule has 1 saturated heterocycles. The van der Waals surface area contributed by atoms with Crippen molar-refractivity contribution in [1.82, 2.24) is 19.4 Å². The van der Waals surface area contributed by atoms with E-state index >= 15 is 0 Å². The highest BCUT2D eigenvalue weighted by Crippen LogP contribution is 2.26. The molecule has 0 atom stereocenters. The number of carbonyl (C=O) groups is 1. The fourth-order valence-corrected chi connectivity index (χ4v) is 3.37. The van der Waals surface area contributed by atoms with E-state index in [0.29, 0.717) is 25.2 Å². The Morgan fingerprint density at radius 3 is 2.56 bits per heavy atom. The summed E-state index contributed by atoms with van der Waals surface area (Å²) in [6, 6.07) is 2.67. The van der Waals surface area contributed by atoms with E-state index in [-0.39, 0.29) is 6.09 Å². The maximum atomic E-state index is 12.2. The standard InChI is InChI=1S/C20H31N5O2/c1-13(2)25-12-21-17-16(11-14(3)22-18(17)25)23-15-7-9-24(10-8-15)19(26)27-20(4,5)6/h11-13,15H,7-10H2,1-6H3,(H,22,23). The number of anilines is 1. The van der Waals surface area contributed by atoms with Crippen LogP contribution in [0.3, 0.4) is 0 Å². The summed E-state index contributed by atoms with van der Waals surface area (Å²) in [6.45, 7) is 13.3. The normalized spacial score (nSPS) is 16.2. The van der Waals surface area contributed by atoms with Crippen molar-refractivity contribution in [3.63, 3.8) is 0 Å². The van der Waals surface area contributed by atoms with E-state index in [1.54, 1.807) is 4.90 Å². The molecule has 1 fully saturated rings. The van der Waals surface area contributed by atoms with Gasteiger partial charge in [-0.05, 0) is 60.5 Å². The van der Waals surface area contributed by atoms with Gasteiger partial charge in [0.2, 0.25) is 0 Å². The smallest absolute Gasteiger partial charge is 0.410 e. The van der Waals surface area contributed by atoms with Crippen LogP contribution in [0.2, 0.25) is 0 Å². The fourth-order valence-electron chi connectivity index (χ4n) is 3.37. The van der Waals surface area contributed by atoms with Gasteiger partial charge in [0.25, 0.3) is 0 Å². The molecule has 0 aromatic carbocycles. The van der Waals surface area contributed by atoms with Crippen molar-refractivity contribution >= 4 is 22.9 Å². The fraction of sp³-hybridized carbons (Fsp3) is 0.650. The van der Waals surface area contributed by atoms with Gasteiger partial charge in [-0.15, -0.1) is 0 Å². The lowest BCUT2D eigenvalue weighted by molar-refractivity contribution is 0.0210. The molecule has 27 heavy (non-hydrogen) atoms. The van der Waals surface area contributed by atoms with Gasteiger partial charge in [-0.1, -0.05) is 0 Å². The van der Waals surface area contributed by atoms with Crippen molar-refractivity contribution in [2.75, 3.05) is 18.4 Å². The summed E-state index contributed by atoms with van der Waals surface area (Å²) in [4.78, 5) is 23.3. The number of rotatable bonds is 3. The van der Waals surface area contributed by atoms with Gasteiger partial charge < -0.3 is 19.5 Å². The number of pyridine rings is 1. The first-order valence-electron chi connectivity index (χ1n) is 9.72. The monoisotopic (exact) mass is 373 g/mol. The molecule has 0 spiro atoms. The summed E-state index contributed by atoms with van der Waals surface area (Å²) in [6.07, 6.45) is 3.40. The summed E-state index contributed by atoms with van der Waals surface area (Å²) < 4.78 is 7.57. The summed E-state index contributed by atoms with van der Waals surface area (Å²) in [7, 11) is 0. The summed E-state index contributed by atoms with van der Waals surface area (Å²) in [5.74, 6) is 0. The lowest BCUT2D eigenvalue weighted by atomic mass is 10.0. The number of aryl methyl sites for hydroxylation is 1. The number of nitrogens with one attached hydrogen (secondary N) is 1. The first-order valence-corrected chi connectivity index (χ1v) is 9.72. The van der Waals surface area contributed by atoms with Crippen LogP contribution in [0.15, 0.2) is 12.4 Å². The van der Waals surface area contributed by atoms with E-state index in [1.807, 2.05) is 34.0 Å². The second-order valence-corrected chi connectivity index (χ2v) is 8.62. The predicted molar refractivity (Wildman–Crippen MR) is 107 cm³/mol. The highest BCUT2D eigenvalue weighted by atomic mass is 16.6. The number of amides is 1. The van der Waals surface area contributed by atoms with E-state index in [4.69, 9.17) is 4.74 Å². The third kappa shape index (κ3) is 4.51. The van der Waals surface area contributed by atoms with Crippen molar-refractivity contribution in [2.45, 2.75) is 72.1 Å². The molecule has 1 aliphatic heterocycles. The molecule has 7 nitrogen and oxygen atoms in total. The largest absolute Gasteiger partial charge is 0.444 e. The number of fused-ring (bicyclic) bond motifs is 1. The predicted octanol–water partition coefficient (Wildman–Crippen LogP) is 4.13. The number of hydrogen-bond acceptors (Lipinski definition) is 5. The summed E-state index contributed by atoms with van der Waals surface area (Å²) >= 11 is 0. The van der Waals surface area contributed by atoms with Crippen LogP contribution < -0.4 is 5.32 Å². The average Bonchev–Trinajstić information content (AvgIpc) is 2.98. The maximum absolute atomic E-state index is 12.2. The van der Waals surface area contributed by atoms with E-state index < -0.39 is 5.60 Å². The Morgan fingerprint density at radius 1 is 1.30 bits per heavy atom. The molecule has 0 bridgehead atoms. The van der Waals surface area contributed by atoms with Crippen molar-refractivity contribution in [3.05, 3.63) is 18.1 Å². The van der Waals surface area contributed by atoms with Crippen molar-refractivity contribution in [2.24, 2.45) is 0 Å². The lowest BCUT2D eigenvalue weighted by Crippen LogP contribution is -2.44. The molecule has 7 heteroatoms. The van der Waals surface area contributed by atoms with E-state index in [9.17, 15) is 4.79 Å². The summed E-state index contributed by atoms with van der Waals surface area (Å²) in [5.41, 5.74) is 3.36. The van der Waals surface area contributed by atoms with E-state index in [2.05, 4.69) is 39.8 Å². The van der Waals surface area contributed by atoms with Crippen LogP contribution in [0.4, 0.5) is 10.5 Å². The Kier molecular flexibility index (Phi) is 5.31. The molecular formula is C20H31N5O2. The number of nitrogens with zero attached hydrogens (tertiary/aromatic N) is 4. The molecule has 3 rings (SSSR count). The Labute approximate surface area is 161 Å². The van der Waals surface area contributed by atoms with Gasteiger partial charge >= 0.3 is 6.09 Å². The number of hydrogen-bond donors (Lipinski definition) is 1. The van der Waals surface area contributed by atoms with E-state index in [0.717, 1.165) is 35.4 Å². The van der Waals surface area contributed by atoms with Crippen LogP contribution in [0.1, 0.15) is 59.2 Å². The Hall–Kier alpha value is -2.31.